The number of ketones is 1. The van der Waals surface area contributed by atoms with Crippen LogP contribution in [0.3, 0.4) is 0 Å². The third-order valence-electron chi connectivity index (χ3n) is 2.09. The highest BCUT2D eigenvalue weighted by molar-refractivity contribution is 6.30. The number of benzene rings is 1. The number of hydrogen-bond donors (Lipinski definition) is 0. The molecule has 1 aromatic carbocycles. The number of carbonyl (C=O) groups excluding carboxylic acids is 2. The highest BCUT2D eigenvalue weighted by Gasteiger charge is 2.10. The Labute approximate surface area is 111 Å². The summed E-state index contributed by atoms with van der Waals surface area (Å²) in [6.07, 6.45) is -0.242. The molecule has 0 unspecified atom stereocenters. The summed E-state index contributed by atoms with van der Waals surface area (Å²) < 4.78 is 9.86. The van der Waals surface area contributed by atoms with Crippen molar-refractivity contribution < 1.29 is 19.1 Å². The van der Waals surface area contributed by atoms with E-state index in [1.807, 2.05) is 12.1 Å². The van der Waals surface area contributed by atoms with Crippen LogP contribution in [0, 0.1) is 0 Å². The van der Waals surface area contributed by atoms with Crippen molar-refractivity contribution in [2.45, 2.75) is 20.0 Å². The molecule has 0 bridgehead atoms. The predicted molar refractivity (Wildman–Crippen MR) is 67.4 cm³/mol. The lowest BCUT2D eigenvalue weighted by molar-refractivity contribution is -0.146. The fraction of sp³-hybridized carbons (Fsp3) is 0.385. The second-order valence-electron chi connectivity index (χ2n) is 3.64. The summed E-state index contributed by atoms with van der Waals surface area (Å²) in [6.45, 7) is 2.18. The molecule has 0 aliphatic carbocycles. The monoisotopic (exact) mass is 270 g/mol. The van der Waals surface area contributed by atoms with E-state index in [1.54, 1.807) is 19.1 Å². The van der Waals surface area contributed by atoms with Crippen molar-refractivity contribution in [2.75, 3.05) is 13.2 Å². The Morgan fingerprint density at radius 2 is 1.89 bits per heavy atom. The van der Waals surface area contributed by atoms with E-state index >= 15 is 0 Å². The van der Waals surface area contributed by atoms with Crippen molar-refractivity contribution in [3.63, 3.8) is 0 Å². The lowest BCUT2D eigenvalue weighted by atomic mass is 10.2. The standard InChI is InChI=1S/C13H15ClO4/c1-2-18-13(16)7-12(15)9-17-8-10-3-5-11(14)6-4-10/h3-6H,2,7-9H2,1H3. The van der Waals surface area contributed by atoms with Gasteiger partial charge < -0.3 is 9.47 Å². The average molecular weight is 271 g/mol. The molecule has 0 heterocycles. The molecule has 0 aliphatic heterocycles. The van der Waals surface area contributed by atoms with Crippen molar-refractivity contribution in [1.29, 1.82) is 0 Å². The van der Waals surface area contributed by atoms with E-state index in [-0.39, 0.29) is 25.4 Å². The Balaban J connectivity index is 2.23. The van der Waals surface area contributed by atoms with Gasteiger partial charge in [-0.3, -0.25) is 9.59 Å². The van der Waals surface area contributed by atoms with E-state index in [0.29, 0.717) is 11.6 Å². The molecule has 0 aliphatic rings. The van der Waals surface area contributed by atoms with Gasteiger partial charge in [-0.15, -0.1) is 0 Å². The Hall–Kier alpha value is -1.39. The van der Waals surface area contributed by atoms with E-state index < -0.39 is 5.97 Å². The second kappa shape index (κ2) is 7.84. The lowest BCUT2D eigenvalue weighted by Crippen LogP contribution is -2.15. The van der Waals surface area contributed by atoms with Gasteiger partial charge in [0.25, 0.3) is 0 Å². The summed E-state index contributed by atoms with van der Waals surface area (Å²) >= 11 is 5.74. The van der Waals surface area contributed by atoms with Gasteiger partial charge in [0.05, 0.1) is 13.2 Å². The van der Waals surface area contributed by atoms with Gasteiger partial charge in [0.2, 0.25) is 0 Å². The van der Waals surface area contributed by atoms with Gasteiger partial charge in [0.15, 0.2) is 5.78 Å². The fourth-order valence-electron chi connectivity index (χ4n) is 1.29. The maximum Gasteiger partial charge on any atom is 0.313 e. The summed E-state index contributed by atoms with van der Waals surface area (Å²) in [7, 11) is 0. The SMILES string of the molecule is CCOC(=O)CC(=O)COCc1ccc(Cl)cc1. The fourth-order valence-corrected chi connectivity index (χ4v) is 1.41. The first-order chi connectivity index (χ1) is 8.61. The molecular weight excluding hydrogens is 256 g/mol. The lowest BCUT2D eigenvalue weighted by Gasteiger charge is -2.04. The van der Waals surface area contributed by atoms with E-state index in [1.165, 1.54) is 0 Å². The van der Waals surface area contributed by atoms with Crippen LogP contribution in [0.25, 0.3) is 0 Å². The molecule has 0 amide bonds. The number of hydrogen-bond acceptors (Lipinski definition) is 4. The van der Waals surface area contributed by atoms with E-state index in [4.69, 9.17) is 16.3 Å². The molecule has 0 saturated carbocycles. The zero-order chi connectivity index (χ0) is 13.4. The zero-order valence-electron chi connectivity index (χ0n) is 10.1. The number of carbonyl (C=O) groups is 2. The highest BCUT2D eigenvalue weighted by Crippen LogP contribution is 2.10. The van der Waals surface area contributed by atoms with Crippen molar-refractivity contribution in [2.24, 2.45) is 0 Å². The molecule has 0 aromatic heterocycles. The van der Waals surface area contributed by atoms with Gasteiger partial charge in [0.1, 0.15) is 13.0 Å². The van der Waals surface area contributed by atoms with Crippen LogP contribution in [0.4, 0.5) is 0 Å². The zero-order valence-corrected chi connectivity index (χ0v) is 10.9. The van der Waals surface area contributed by atoms with Gasteiger partial charge in [-0.25, -0.2) is 0 Å². The molecule has 0 spiro atoms. The molecule has 0 saturated heterocycles. The number of esters is 1. The predicted octanol–water partition coefficient (Wildman–Crippen LogP) is 2.38. The van der Waals surface area contributed by atoms with Gasteiger partial charge in [-0.1, -0.05) is 23.7 Å². The Bertz CT molecular complexity index is 400. The van der Waals surface area contributed by atoms with Gasteiger partial charge in [-0.05, 0) is 24.6 Å². The maximum atomic E-state index is 11.3. The van der Waals surface area contributed by atoms with Gasteiger partial charge >= 0.3 is 5.97 Å². The Morgan fingerprint density at radius 1 is 1.22 bits per heavy atom. The van der Waals surface area contributed by atoms with Crippen LogP contribution in [0.1, 0.15) is 18.9 Å². The third-order valence-corrected chi connectivity index (χ3v) is 2.34. The number of Topliss-reactive ketones (excluding diaryl/α,β-unsaturated/α-hetero) is 1. The molecule has 0 atom stereocenters. The largest absolute Gasteiger partial charge is 0.466 e. The third kappa shape index (κ3) is 5.80. The number of rotatable bonds is 7. The van der Waals surface area contributed by atoms with Crippen molar-refractivity contribution in [1.82, 2.24) is 0 Å². The van der Waals surface area contributed by atoms with Crippen LogP contribution in [-0.2, 0) is 25.7 Å². The first-order valence-electron chi connectivity index (χ1n) is 5.61. The average Bonchev–Trinajstić information content (AvgIpc) is 2.32. The molecule has 1 rings (SSSR count). The Kier molecular flexibility index (Phi) is 6.39. The summed E-state index contributed by atoms with van der Waals surface area (Å²) in [4.78, 5) is 22.3. The van der Waals surface area contributed by atoms with Crippen LogP contribution in [0.2, 0.25) is 5.02 Å². The molecule has 0 fully saturated rings. The van der Waals surface area contributed by atoms with Gasteiger partial charge in [0, 0.05) is 5.02 Å². The van der Waals surface area contributed by atoms with Crippen molar-refractivity contribution in [3.05, 3.63) is 34.9 Å². The molecular formula is C13H15ClO4. The minimum absolute atomic E-state index is 0.0958. The first kappa shape index (κ1) is 14.7. The van der Waals surface area contributed by atoms with E-state index in [9.17, 15) is 9.59 Å². The van der Waals surface area contributed by atoms with Gasteiger partial charge in [-0.2, -0.15) is 0 Å². The summed E-state index contributed by atoms with van der Waals surface area (Å²) in [5.74, 6) is -0.806. The summed E-state index contributed by atoms with van der Waals surface area (Å²) in [6, 6.07) is 7.14. The first-order valence-corrected chi connectivity index (χ1v) is 5.99. The molecule has 5 heteroatoms. The quantitative estimate of drug-likeness (QED) is 0.564. The van der Waals surface area contributed by atoms with Crippen LogP contribution >= 0.6 is 11.6 Å². The molecule has 1 aromatic rings. The highest BCUT2D eigenvalue weighted by atomic mass is 35.5. The second-order valence-corrected chi connectivity index (χ2v) is 4.08. The minimum Gasteiger partial charge on any atom is -0.466 e. The molecule has 0 N–H and O–H groups in total. The summed E-state index contributed by atoms with van der Waals surface area (Å²) in [5, 5.41) is 0.650. The van der Waals surface area contributed by atoms with Crippen LogP contribution < -0.4 is 0 Å². The topological polar surface area (TPSA) is 52.6 Å². The van der Waals surface area contributed by atoms with Crippen LogP contribution in [0.5, 0.6) is 0 Å². The number of ether oxygens (including phenoxy) is 2. The molecule has 0 radical (unpaired) electrons. The van der Waals surface area contributed by atoms with E-state index in [0.717, 1.165) is 5.56 Å². The van der Waals surface area contributed by atoms with Crippen LogP contribution in [-0.4, -0.2) is 25.0 Å². The summed E-state index contributed by atoms with van der Waals surface area (Å²) in [5.41, 5.74) is 0.920. The minimum atomic E-state index is -0.516. The Morgan fingerprint density at radius 3 is 2.50 bits per heavy atom. The van der Waals surface area contributed by atoms with E-state index in [2.05, 4.69) is 4.74 Å². The normalized spacial score (nSPS) is 10.1. The molecule has 18 heavy (non-hydrogen) atoms. The molecule has 4 nitrogen and oxygen atoms in total. The van der Waals surface area contributed by atoms with Crippen LogP contribution in [0.15, 0.2) is 24.3 Å². The van der Waals surface area contributed by atoms with Crippen molar-refractivity contribution >= 4 is 23.4 Å². The smallest absolute Gasteiger partial charge is 0.313 e. The molecule has 98 valence electrons. The number of halogens is 1. The maximum absolute atomic E-state index is 11.3. The van der Waals surface area contributed by atoms with Crippen molar-refractivity contribution in [3.8, 4) is 0 Å².